The molecule has 18 heavy (non-hydrogen) atoms. The van der Waals surface area contributed by atoms with Crippen LogP contribution in [-0.4, -0.2) is 9.97 Å². The third kappa shape index (κ3) is 2.62. The van der Waals surface area contributed by atoms with E-state index in [0.29, 0.717) is 4.64 Å². The van der Waals surface area contributed by atoms with Gasteiger partial charge in [0.25, 0.3) is 0 Å². The van der Waals surface area contributed by atoms with E-state index < -0.39 is 0 Å². The van der Waals surface area contributed by atoms with Crippen molar-refractivity contribution < 1.29 is 0 Å². The molecule has 2 rings (SSSR count). The molecule has 0 atom stereocenters. The first-order chi connectivity index (χ1) is 8.63. The lowest BCUT2D eigenvalue weighted by Gasteiger charge is -2.10. The Morgan fingerprint density at radius 3 is 2.72 bits per heavy atom. The molecular formula is C14H15ClN2S. The Bertz CT molecular complexity index is 619. The Labute approximate surface area is 117 Å². The molecule has 0 amide bonds. The van der Waals surface area contributed by atoms with Gasteiger partial charge in [0.05, 0.1) is 5.69 Å². The zero-order valence-corrected chi connectivity index (χ0v) is 12.0. The molecule has 0 aliphatic rings. The molecule has 94 valence electrons. The average molecular weight is 279 g/mol. The van der Waals surface area contributed by atoms with Crippen molar-refractivity contribution in [3.05, 3.63) is 45.3 Å². The van der Waals surface area contributed by atoms with E-state index in [0.717, 1.165) is 40.5 Å². The average Bonchev–Trinajstić information content (AvgIpc) is 2.35. The van der Waals surface area contributed by atoms with E-state index in [2.05, 4.69) is 16.9 Å². The van der Waals surface area contributed by atoms with Gasteiger partial charge in [0.15, 0.2) is 0 Å². The number of halogens is 1. The Morgan fingerprint density at radius 1 is 1.33 bits per heavy atom. The smallest absolute Gasteiger partial charge is 0.133 e. The number of hydrogen-bond acceptors (Lipinski definition) is 2. The predicted octanol–water partition coefficient (Wildman–Crippen LogP) is 4.72. The van der Waals surface area contributed by atoms with Crippen molar-refractivity contribution in [3.63, 3.8) is 0 Å². The first-order valence-corrected chi connectivity index (χ1v) is 6.76. The quantitative estimate of drug-likeness (QED) is 0.823. The van der Waals surface area contributed by atoms with Crippen LogP contribution in [0.15, 0.2) is 24.3 Å². The summed E-state index contributed by atoms with van der Waals surface area (Å²) in [6, 6.07) is 7.76. The van der Waals surface area contributed by atoms with Crippen LogP contribution in [0.25, 0.3) is 11.3 Å². The van der Waals surface area contributed by atoms with Crippen LogP contribution in [0, 0.1) is 11.6 Å². The van der Waals surface area contributed by atoms with E-state index in [1.807, 2.05) is 31.2 Å². The van der Waals surface area contributed by atoms with Gasteiger partial charge in [0.1, 0.15) is 10.5 Å². The molecule has 0 saturated heterocycles. The molecule has 0 radical (unpaired) electrons. The molecule has 2 nitrogen and oxygen atoms in total. The highest BCUT2D eigenvalue weighted by Crippen LogP contribution is 2.28. The van der Waals surface area contributed by atoms with Gasteiger partial charge in [-0.3, -0.25) is 0 Å². The Hall–Kier alpha value is -1.19. The van der Waals surface area contributed by atoms with Gasteiger partial charge in [0, 0.05) is 22.6 Å². The number of rotatable bonds is 3. The topological polar surface area (TPSA) is 28.7 Å². The number of aryl methyl sites for hydroxylation is 1. The SMILES string of the molecule is CCCc1nc(=S)c(C)c(-c2ccccc2Cl)[nH]1. The molecule has 1 N–H and O–H groups in total. The third-order valence-corrected chi connectivity index (χ3v) is 3.56. The molecule has 1 heterocycles. The normalized spacial score (nSPS) is 10.6. The number of nitrogens with one attached hydrogen (secondary N) is 1. The lowest BCUT2D eigenvalue weighted by molar-refractivity contribution is 0.829. The van der Waals surface area contributed by atoms with Crippen molar-refractivity contribution in [2.75, 3.05) is 0 Å². The van der Waals surface area contributed by atoms with Crippen LogP contribution in [0.4, 0.5) is 0 Å². The summed E-state index contributed by atoms with van der Waals surface area (Å²) < 4.78 is 0.645. The molecule has 4 heteroatoms. The van der Waals surface area contributed by atoms with E-state index >= 15 is 0 Å². The van der Waals surface area contributed by atoms with Gasteiger partial charge in [-0.2, -0.15) is 0 Å². The minimum Gasteiger partial charge on any atom is -0.343 e. The summed E-state index contributed by atoms with van der Waals surface area (Å²) in [4.78, 5) is 7.74. The first-order valence-electron chi connectivity index (χ1n) is 5.98. The molecule has 0 spiro atoms. The molecule has 0 aliphatic carbocycles. The van der Waals surface area contributed by atoms with Crippen molar-refractivity contribution in [1.82, 2.24) is 9.97 Å². The van der Waals surface area contributed by atoms with Gasteiger partial charge < -0.3 is 4.98 Å². The summed E-state index contributed by atoms with van der Waals surface area (Å²) in [5, 5.41) is 0.722. The summed E-state index contributed by atoms with van der Waals surface area (Å²) in [5.74, 6) is 0.919. The highest BCUT2D eigenvalue weighted by Gasteiger charge is 2.09. The summed E-state index contributed by atoms with van der Waals surface area (Å²) in [6.45, 7) is 4.09. The second-order valence-corrected chi connectivity index (χ2v) is 5.01. The number of benzene rings is 1. The van der Waals surface area contributed by atoms with Crippen LogP contribution >= 0.6 is 23.8 Å². The molecule has 0 aliphatic heterocycles. The fraction of sp³-hybridized carbons (Fsp3) is 0.286. The van der Waals surface area contributed by atoms with Crippen LogP contribution in [0.3, 0.4) is 0 Å². The summed E-state index contributed by atoms with van der Waals surface area (Å²) in [5.41, 5.74) is 2.92. The highest BCUT2D eigenvalue weighted by atomic mass is 35.5. The maximum Gasteiger partial charge on any atom is 0.133 e. The fourth-order valence-corrected chi connectivity index (χ4v) is 2.31. The number of H-pyrrole nitrogens is 1. The molecular weight excluding hydrogens is 264 g/mol. The summed E-state index contributed by atoms with van der Waals surface area (Å²) in [7, 11) is 0. The van der Waals surface area contributed by atoms with E-state index in [1.165, 1.54) is 0 Å². The van der Waals surface area contributed by atoms with Gasteiger partial charge in [-0.1, -0.05) is 48.9 Å². The summed E-state index contributed by atoms with van der Waals surface area (Å²) >= 11 is 11.5. The lowest BCUT2D eigenvalue weighted by Crippen LogP contribution is -2.00. The maximum absolute atomic E-state index is 6.24. The monoisotopic (exact) mass is 278 g/mol. The number of aromatic nitrogens is 2. The molecule has 1 aromatic carbocycles. The van der Waals surface area contributed by atoms with E-state index in [1.54, 1.807) is 0 Å². The number of nitrogens with zero attached hydrogens (tertiary/aromatic N) is 1. The van der Waals surface area contributed by atoms with Crippen LogP contribution in [0.5, 0.6) is 0 Å². The standard InChI is InChI=1S/C14H15ClN2S/c1-3-6-12-16-13(9(2)14(18)17-12)10-7-4-5-8-11(10)15/h4-5,7-8H,3,6H2,1-2H3,(H,16,17,18). The Morgan fingerprint density at radius 2 is 2.06 bits per heavy atom. The molecule has 0 saturated carbocycles. The molecule has 0 unspecified atom stereocenters. The second-order valence-electron chi connectivity index (χ2n) is 4.22. The van der Waals surface area contributed by atoms with E-state index in [4.69, 9.17) is 23.8 Å². The van der Waals surface area contributed by atoms with Crippen LogP contribution < -0.4 is 0 Å². The Balaban J connectivity index is 2.63. The molecule has 0 fully saturated rings. The van der Waals surface area contributed by atoms with Gasteiger partial charge in [0.2, 0.25) is 0 Å². The largest absolute Gasteiger partial charge is 0.343 e. The van der Waals surface area contributed by atoms with Gasteiger partial charge >= 0.3 is 0 Å². The number of hydrogen-bond donors (Lipinski definition) is 1. The summed E-state index contributed by atoms with van der Waals surface area (Å²) in [6.07, 6.45) is 1.92. The molecule has 0 bridgehead atoms. The van der Waals surface area contributed by atoms with Crippen molar-refractivity contribution in [2.24, 2.45) is 0 Å². The van der Waals surface area contributed by atoms with Crippen LogP contribution in [0.2, 0.25) is 5.02 Å². The fourth-order valence-electron chi connectivity index (χ4n) is 1.87. The minimum absolute atomic E-state index is 0.645. The van der Waals surface area contributed by atoms with Crippen molar-refractivity contribution >= 4 is 23.8 Å². The van der Waals surface area contributed by atoms with E-state index in [9.17, 15) is 0 Å². The lowest BCUT2D eigenvalue weighted by atomic mass is 10.1. The van der Waals surface area contributed by atoms with E-state index in [-0.39, 0.29) is 0 Å². The highest BCUT2D eigenvalue weighted by molar-refractivity contribution is 7.71. The predicted molar refractivity (Wildman–Crippen MR) is 78.6 cm³/mol. The van der Waals surface area contributed by atoms with Gasteiger partial charge in [-0.05, 0) is 19.4 Å². The van der Waals surface area contributed by atoms with Crippen LogP contribution in [0.1, 0.15) is 24.7 Å². The van der Waals surface area contributed by atoms with Crippen LogP contribution in [-0.2, 0) is 6.42 Å². The molecule has 2 aromatic rings. The maximum atomic E-state index is 6.24. The second kappa shape index (κ2) is 5.63. The first kappa shape index (κ1) is 13.2. The van der Waals surface area contributed by atoms with Crippen molar-refractivity contribution in [2.45, 2.75) is 26.7 Å². The van der Waals surface area contributed by atoms with Gasteiger partial charge in [-0.25, -0.2) is 4.98 Å². The van der Waals surface area contributed by atoms with Gasteiger partial charge in [-0.15, -0.1) is 0 Å². The zero-order valence-electron chi connectivity index (χ0n) is 10.5. The molecule has 1 aromatic heterocycles. The zero-order chi connectivity index (χ0) is 13.1. The third-order valence-electron chi connectivity index (χ3n) is 2.83. The number of aromatic amines is 1. The van der Waals surface area contributed by atoms with Crippen molar-refractivity contribution in [3.8, 4) is 11.3 Å². The van der Waals surface area contributed by atoms with Crippen molar-refractivity contribution in [1.29, 1.82) is 0 Å². The Kier molecular flexibility index (Phi) is 4.15. The minimum atomic E-state index is 0.645.